The zero-order valence-corrected chi connectivity index (χ0v) is 15.6. The average molecular weight is 372 g/mol. The van der Waals surface area contributed by atoms with E-state index in [0.717, 1.165) is 43.2 Å². The van der Waals surface area contributed by atoms with Gasteiger partial charge in [0.2, 0.25) is 0 Å². The molecule has 5 heteroatoms. The number of carbonyl (C=O) groups excluding carboxylic acids is 1. The van der Waals surface area contributed by atoms with Gasteiger partial charge in [-0.1, -0.05) is 12.1 Å². The number of piperidine rings is 1. The first-order valence-electron chi connectivity index (χ1n) is 9.61. The third-order valence-electron chi connectivity index (χ3n) is 7.31. The summed E-state index contributed by atoms with van der Waals surface area (Å²) in [4.78, 5) is 14.8. The molecule has 0 amide bonds. The van der Waals surface area contributed by atoms with Gasteiger partial charge in [0.15, 0.2) is 23.4 Å². The summed E-state index contributed by atoms with van der Waals surface area (Å²) < 4.78 is 11.8. The van der Waals surface area contributed by atoms with Crippen molar-refractivity contribution in [1.82, 2.24) is 4.90 Å². The molecule has 1 aromatic rings. The highest BCUT2D eigenvalue weighted by atomic mass is 35.5. The Balaban J connectivity index is 1.59. The molecule has 1 spiro atoms. The fraction of sp³-hybridized carbons (Fsp3) is 0.571. The summed E-state index contributed by atoms with van der Waals surface area (Å²) in [5.74, 6) is 2.30. The van der Waals surface area contributed by atoms with Crippen molar-refractivity contribution in [2.45, 2.75) is 48.1 Å². The predicted molar refractivity (Wildman–Crippen MR) is 98.2 cm³/mol. The Morgan fingerprint density at radius 1 is 1.38 bits per heavy atom. The number of methoxy groups -OCH3 is 1. The molecule has 2 heterocycles. The van der Waals surface area contributed by atoms with Crippen LogP contribution in [0.5, 0.6) is 11.5 Å². The molecule has 3 aliphatic carbocycles. The third kappa shape index (κ3) is 1.64. The molecule has 2 aliphatic heterocycles. The number of ether oxygens (including phenoxy) is 2. The molecular weight excluding hydrogens is 350 g/mol. The standard InChI is InChI=1S/C21H22ClNO3/c1-25-15-5-4-13-10-16-21(22)7-6-14(24)19-20(21,17(13)18(15)26-19)8-9-23(16)11-12-2-3-12/h4-7,12,16,19H,2-3,8-11H2,1H3/t16?,19-,20?,21+/m0/s1. The van der Waals surface area contributed by atoms with Gasteiger partial charge in [-0.2, -0.15) is 0 Å². The van der Waals surface area contributed by atoms with E-state index >= 15 is 0 Å². The number of carbonyl (C=O) groups is 1. The lowest BCUT2D eigenvalue weighted by molar-refractivity contribution is -0.126. The topological polar surface area (TPSA) is 38.8 Å². The number of ketones is 1. The van der Waals surface area contributed by atoms with Gasteiger partial charge in [-0.15, -0.1) is 11.6 Å². The molecule has 136 valence electrons. The van der Waals surface area contributed by atoms with Crippen molar-refractivity contribution in [3.63, 3.8) is 0 Å². The minimum atomic E-state index is -0.594. The van der Waals surface area contributed by atoms with Crippen LogP contribution in [0, 0.1) is 5.92 Å². The molecule has 4 atom stereocenters. The monoisotopic (exact) mass is 371 g/mol. The van der Waals surface area contributed by atoms with Crippen LogP contribution < -0.4 is 9.47 Å². The Hall–Kier alpha value is -1.52. The van der Waals surface area contributed by atoms with Gasteiger partial charge >= 0.3 is 0 Å². The highest BCUT2D eigenvalue weighted by Gasteiger charge is 2.71. The van der Waals surface area contributed by atoms with E-state index in [9.17, 15) is 4.79 Å². The zero-order valence-electron chi connectivity index (χ0n) is 14.8. The number of benzene rings is 1. The van der Waals surface area contributed by atoms with Crippen LogP contribution in [-0.4, -0.2) is 47.9 Å². The van der Waals surface area contributed by atoms with Crippen LogP contribution in [0.4, 0.5) is 0 Å². The Labute approximate surface area is 158 Å². The maximum atomic E-state index is 12.8. The SMILES string of the molecule is COc1ccc2c3c1O[C@H]1C(=O)C=C[C@@]4(Cl)C(C2)N(CC2CC2)CCC314. The van der Waals surface area contributed by atoms with E-state index in [4.69, 9.17) is 21.1 Å². The fourth-order valence-electron chi connectivity index (χ4n) is 5.96. The Bertz CT molecular complexity index is 863. The summed E-state index contributed by atoms with van der Waals surface area (Å²) in [7, 11) is 1.65. The van der Waals surface area contributed by atoms with E-state index in [2.05, 4.69) is 11.0 Å². The number of halogens is 1. The molecule has 0 radical (unpaired) electrons. The van der Waals surface area contributed by atoms with Crippen molar-refractivity contribution in [2.75, 3.05) is 20.2 Å². The van der Waals surface area contributed by atoms with Crippen molar-refractivity contribution in [2.24, 2.45) is 5.92 Å². The number of hydrogen-bond donors (Lipinski definition) is 0. The summed E-state index contributed by atoms with van der Waals surface area (Å²) in [5.41, 5.74) is 1.94. The molecule has 0 aromatic heterocycles. The highest BCUT2D eigenvalue weighted by Crippen LogP contribution is 2.65. The van der Waals surface area contributed by atoms with Gasteiger partial charge in [0.25, 0.3) is 0 Å². The van der Waals surface area contributed by atoms with Crippen molar-refractivity contribution in [3.8, 4) is 11.5 Å². The lowest BCUT2D eigenvalue weighted by Crippen LogP contribution is -2.73. The van der Waals surface area contributed by atoms with Crippen LogP contribution in [0.15, 0.2) is 24.3 Å². The maximum absolute atomic E-state index is 12.8. The smallest absolute Gasteiger partial charge is 0.196 e. The van der Waals surface area contributed by atoms with Crippen LogP contribution in [0.1, 0.15) is 30.4 Å². The predicted octanol–water partition coefficient (Wildman–Crippen LogP) is 2.85. The molecule has 26 heavy (non-hydrogen) atoms. The van der Waals surface area contributed by atoms with Crippen LogP contribution in [0.3, 0.4) is 0 Å². The van der Waals surface area contributed by atoms with Gasteiger partial charge in [0, 0.05) is 18.2 Å². The molecule has 2 bridgehead atoms. The molecule has 5 aliphatic rings. The largest absolute Gasteiger partial charge is 0.493 e. The molecule has 2 fully saturated rings. The number of rotatable bonds is 3. The fourth-order valence-corrected chi connectivity index (χ4v) is 6.52. The Morgan fingerprint density at radius 2 is 2.23 bits per heavy atom. The first-order chi connectivity index (χ1) is 12.6. The second-order valence-corrected chi connectivity index (χ2v) is 9.14. The van der Waals surface area contributed by atoms with Gasteiger partial charge in [-0.25, -0.2) is 0 Å². The van der Waals surface area contributed by atoms with Crippen molar-refractivity contribution >= 4 is 17.4 Å². The number of likely N-dealkylation sites (tertiary alicyclic amines) is 1. The quantitative estimate of drug-likeness (QED) is 0.766. The summed E-state index contributed by atoms with van der Waals surface area (Å²) in [6.45, 7) is 2.10. The maximum Gasteiger partial charge on any atom is 0.196 e. The molecule has 4 nitrogen and oxygen atoms in total. The second-order valence-electron chi connectivity index (χ2n) is 8.51. The van der Waals surface area contributed by atoms with Gasteiger partial charge in [-0.3, -0.25) is 9.69 Å². The van der Waals surface area contributed by atoms with E-state index in [1.54, 1.807) is 13.2 Å². The van der Waals surface area contributed by atoms with Crippen molar-refractivity contribution < 1.29 is 14.3 Å². The van der Waals surface area contributed by atoms with Crippen LogP contribution in [0.2, 0.25) is 0 Å². The first-order valence-corrected chi connectivity index (χ1v) is 9.99. The van der Waals surface area contributed by atoms with E-state index < -0.39 is 16.4 Å². The van der Waals surface area contributed by atoms with Crippen molar-refractivity contribution in [3.05, 3.63) is 35.4 Å². The summed E-state index contributed by atoms with van der Waals surface area (Å²) >= 11 is 7.45. The van der Waals surface area contributed by atoms with Crippen LogP contribution >= 0.6 is 11.6 Å². The van der Waals surface area contributed by atoms with Gasteiger partial charge in [0.1, 0.15) is 0 Å². The third-order valence-corrected chi connectivity index (χ3v) is 8.03. The normalized spacial score (nSPS) is 39.5. The second kappa shape index (κ2) is 4.85. The molecule has 1 saturated carbocycles. The number of hydrogen-bond acceptors (Lipinski definition) is 4. The van der Waals surface area contributed by atoms with Crippen LogP contribution in [-0.2, 0) is 16.6 Å². The van der Waals surface area contributed by atoms with Gasteiger partial charge < -0.3 is 9.47 Å². The minimum Gasteiger partial charge on any atom is -0.493 e. The summed E-state index contributed by atoms with van der Waals surface area (Å²) in [5, 5.41) is 0. The average Bonchev–Trinajstić information content (AvgIpc) is 3.37. The zero-order chi connectivity index (χ0) is 17.7. The highest BCUT2D eigenvalue weighted by molar-refractivity contribution is 6.29. The summed E-state index contributed by atoms with van der Waals surface area (Å²) in [6.07, 6.45) is 7.54. The Morgan fingerprint density at radius 3 is 3.00 bits per heavy atom. The van der Waals surface area contributed by atoms with Gasteiger partial charge in [-0.05, 0) is 55.9 Å². The summed E-state index contributed by atoms with van der Waals surface area (Å²) in [6, 6.07) is 4.33. The molecule has 6 rings (SSSR count). The van der Waals surface area contributed by atoms with Crippen molar-refractivity contribution in [1.29, 1.82) is 0 Å². The molecule has 2 unspecified atom stereocenters. The number of alkyl halides is 1. The molecule has 1 aromatic carbocycles. The lowest BCUT2D eigenvalue weighted by atomic mass is 9.53. The first kappa shape index (κ1) is 15.5. The molecule has 0 N–H and O–H groups in total. The van der Waals surface area contributed by atoms with E-state index in [-0.39, 0.29) is 11.8 Å². The Kier molecular flexibility index (Phi) is 2.89. The lowest BCUT2D eigenvalue weighted by Gasteiger charge is -2.60. The molecular formula is C21H22ClNO3. The van der Waals surface area contributed by atoms with Gasteiger partial charge in [0.05, 0.1) is 17.4 Å². The van der Waals surface area contributed by atoms with E-state index in [1.165, 1.54) is 18.4 Å². The van der Waals surface area contributed by atoms with Crippen LogP contribution in [0.25, 0.3) is 0 Å². The number of nitrogens with zero attached hydrogens (tertiary/aromatic N) is 1. The molecule has 1 saturated heterocycles. The van der Waals surface area contributed by atoms with E-state index in [0.29, 0.717) is 5.75 Å². The van der Waals surface area contributed by atoms with E-state index in [1.807, 2.05) is 12.1 Å². The minimum absolute atomic E-state index is 0.0294.